The Bertz CT molecular complexity index is 483. The summed E-state index contributed by atoms with van der Waals surface area (Å²) in [6, 6.07) is -0.0783. The van der Waals surface area contributed by atoms with E-state index >= 15 is 0 Å². The third kappa shape index (κ3) is 1.96. The first-order valence-electron chi connectivity index (χ1n) is 5.17. The van der Waals surface area contributed by atoms with Crippen LogP contribution in [0.4, 0.5) is 0 Å². The van der Waals surface area contributed by atoms with Gasteiger partial charge in [-0.2, -0.15) is 5.10 Å². The number of aromatic nitrogens is 5. The van der Waals surface area contributed by atoms with Gasteiger partial charge in [0.15, 0.2) is 0 Å². The monoisotopic (exact) mass is 220 g/mol. The molecule has 0 bridgehead atoms. The van der Waals surface area contributed by atoms with Gasteiger partial charge in [-0.3, -0.25) is 9.36 Å². The SMILES string of the molecule is Cc1c(C(N)Cc2cn(C)nn2)cnn1C. The molecule has 6 nitrogen and oxygen atoms in total. The molecule has 86 valence electrons. The van der Waals surface area contributed by atoms with E-state index in [1.165, 1.54) is 0 Å². The lowest BCUT2D eigenvalue weighted by Gasteiger charge is -2.08. The predicted molar refractivity (Wildman–Crippen MR) is 59.6 cm³/mol. The summed E-state index contributed by atoms with van der Waals surface area (Å²) >= 11 is 0. The molecule has 0 amide bonds. The lowest BCUT2D eigenvalue weighted by Crippen LogP contribution is -2.14. The fourth-order valence-electron chi connectivity index (χ4n) is 1.70. The molecule has 2 rings (SSSR count). The van der Waals surface area contributed by atoms with Crippen LogP contribution in [-0.2, 0) is 20.5 Å². The molecule has 0 radical (unpaired) electrons. The Morgan fingerprint density at radius 3 is 2.69 bits per heavy atom. The second-order valence-electron chi connectivity index (χ2n) is 4.00. The average Bonchev–Trinajstić information content (AvgIpc) is 2.76. The van der Waals surface area contributed by atoms with Crippen LogP contribution in [0.1, 0.15) is 23.0 Å². The maximum Gasteiger partial charge on any atom is 0.0845 e. The molecular weight excluding hydrogens is 204 g/mol. The highest BCUT2D eigenvalue weighted by Crippen LogP contribution is 2.17. The first-order chi connectivity index (χ1) is 7.58. The molecule has 16 heavy (non-hydrogen) atoms. The number of hydrogen-bond donors (Lipinski definition) is 1. The summed E-state index contributed by atoms with van der Waals surface area (Å²) < 4.78 is 3.50. The van der Waals surface area contributed by atoms with Crippen LogP contribution in [0, 0.1) is 6.92 Å². The second-order valence-corrected chi connectivity index (χ2v) is 4.00. The molecule has 2 N–H and O–H groups in total. The van der Waals surface area contributed by atoms with Crippen LogP contribution in [0.5, 0.6) is 0 Å². The van der Waals surface area contributed by atoms with Crippen LogP contribution in [0.3, 0.4) is 0 Å². The third-order valence-electron chi connectivity index (χ3n) is 2.75. The van der Waals surface area contributed by atoms with E-state index in [4.69, 9.17) is 5.73 Å². The number of aryl methyl sites for hydroxylation is 2. The van der Waals surface area contributed by atoms with Gasteiger partial charge in [0.2, 0.25) is 0 Å². The molecule has 0 aliphatic rings. The van der Waals surface area contributed by atoms with Crippen LogP contribution in [-0.4, -0.2) is 24.8 Å². The molecule has 2 aromatic rings. The smallest absolute Gasteiger partial charge is 0.0845 e. The molecule has 2 aromatic heterocycles. The van der Waals surface area contributed by atoms with Gasteiger partial charge in [-0.05, 0) is 6.92 Å². The molecule has 0 spiro atoms. The Labute approximate surface area is 94.1 Å². The molecule has 0 saturated carbocycles. The normalized spacial score (nSPS) is 13.0. The van der Waals surface area contributed by atoms with Gasteiger partial charge in [0.05, 0.1) is 11.9 Å². The maximum atomic E-state index is 6.12. The van der Waals surface area contributed by atoms with Gasteiger partial charge in [-0.25, -0.2) is 0 Å². The molecule has 6 heteroatoms. The van der Waals surface area contributed by atoms with Gasteiger partial charge in [-0.15, -0.1) is 5.10 Å². The van der Waals surface area contributed by atoms with Crippen molar-refractivity contribution in [2.75, 3.05) is 0 Å². The largest absolute Gasteiger partial charge is 0.324 e. The number of nitrogens with zero attached hydrogens (tertiary/aromatic N) is 5. The van der Waals surface area contributed by atoms with Crippen LogP contribution < -0.4 is 5.73 Å². The molecule has 0 aliphatic heterocycles. The van der Waals surface area contributed by atoms with Crippen LogP contribution >= 0.6 is 0 Å². The second kappa shape index (κ2) is 4.05. The van der Waals surface area contributed by atoms with Crippen LogP contribution in [0.25, 0.3) is 0 Å². The van der Waals surface area contributed by atoms with E-state index in [1.54, 1.807) is 4.68 Å². The summed E-state index contributed by atoms with van der Waals surface area (Å²) in [6.45, 7) is 2.01. The standard InChI is InChI=1S/C10H16N6/c1-7-9(5-12-16(7)3)10(11)4-8-6-15(2)14-13-8/h5-6,10H,4,11H2,1-3H3. The van der Waals surface area contributed by atoms with E-state index in [-0.39, 0.29) is 6.04 Å². The van der Waals surface area contributed by atoms with Crippen molar-refractivity contribution in [2.24, 2.45) is 19.8 Å². The zero-order valence-electron chi connectivity index (χ0n) is 9.75. The van der Waals surface area contributed by atoms with Gasteiger partial charge < -0.3 is 5.73 Å². The Kier molecular flexibility index (Phi) is 2.74. The average molecular weight is 220 g/mol. The lowest BCUT2D eigenvalue weighted by atomic mass is 10.0. The molecule has 0 fully saturated rings. The zero-order chi connectivity index (χ0) is 11.7. The molecule has 0 aliphatic carbocycles. The first-order valence-corrected chi connectivity index (χ1v) is 5.17. The van der Waals surface area contributed by atoms with Gasteiger partial charge >= 0.3 is 0 Å². The van der Waals surface area contributed by atoms with E-state index in [1.807, 2.05) is 38.1 Å². The van der Waals surface area contributed by atoms with Crippen molar-refractivity contribution in [2.45, 2.75) is 19.4 Å². The van der Waals surface area contributed by atoms with Crippen molar-refractivity contribution in [3.8, 4) is 0 Å². The highest BCUT2D eigenvalue weighted by molar-refractivity contribution is 5.21. The number of hydrogen-bond acceptors (Lipinski definition) is 4. The Hall–Kier alpha value is -1.69. The van der Waals surface area contributed by atoms with Gasteiger partial charge in [-0.1, -0.05) is 5.21 Å². The van der Waals surface area contributed by atoms with Gasteiger partial charge in [0.1, 0.15) is 0 Å². The van der Waals surface area contributed by atoms with E-state index in [9.17, 15) is 0 Å². The molecular formula is C10H16N6. The van der Waals surface area contributed by atoms with Crippen molar-refractivity contribution < 1.29 is 0 Å². The minimum absolute atomic E-state index is 0.0783. The summed E-state index contributed by atoms with van der Waals surface area (Å²) in [4.78, 5) is 0. The fourth-order valence-corrected chi connectivity index (χ4v) is 1.70. The molecule has 0 saturated heterocycles. The van der Waals surface area contributed by atoms with E-state index in [0.29, 0.717) is 6.42 Å². The number of rotatable bonds is 3. The topological polar surface area (TPSA) is 74.6 Å². The van der Waals surface area contributed by atoms with Crippen LogP contribution in [0.2, 0.25) is 0 Å². The van der Waals surface area contributed by atoms with Crippen molar-refractivity contribution in [1.82, 2.24) is 24.8 Å². The Balaban J connectivity index is 2.14. The minimum atomic E-state index is -0.0783. The highest BCUT2D eigenvalue weighted by atomic mass is 15.4. The molecule has 1 atom stereocenters. The Morgan fingerprint density at radius 1 is 1.44 bits per heavy atom. The highest BCUT2D eigenvalue weighted by Gasteiger charge is 2.14. The number of nitrogens with two attached hydrogens (primary N) is 1. The summed E-state index contributed by atoms with van der Waals surface area (Å²) in [6.07, 6.45) is 4.38. The van der Waals surface area contributed by atoms with Crippen molar-refractivity contribution in [1.29, 1.82) is 0 Å². The minimum Gasteiger partial charge on any atom is -0.324 e. The van der Waals surface area contributed by atoms with Crippen molar-refractivity contribution >= 4 is 0 Å². The van der Waals surface area contributed by atoms with Gasteiger partial charge in [0.25, 0.3) is 0 Å². The summed E-state index contributed by atoms with van der Waals surface area (Å²) in [5, 5.41) is 12.1. The van der Waals surface area contributed by atoms with Crippen molar-refractivity contribution in [3.63, 3.8) is 0 Å². The third-order valence-corrected chi connectivity index (χ3v) is 2.75. The summed E-state index contributed by atoms with van der Waals surface area (Å²) in [7, 11) is 3.76. The maximum absolute atomic E-state index is 6.12. The van der Waals surface area contributed by atoms with Crippen LogP contribution in [0.15, 0.2) is 12.4 Å². The van der Waals surface area contributed by atoms with Crippen molar-refractivity contribution in [3.05, 3.63) is 29.3 Å². The quantitative estimate of drug-likeness (QED) is 0.796. The lowest BCUT2D eigenvalue weighted by molar-refractivity contribution is 0.684. The van der Waals surface area contributed by atoms with E-state index in [2.05, 4.69) is 15.4 Å². The first kappa shape index (κ1) is 10.8. The van der Waals surface area contributed by atoms with E-state index in [0.717, 1.165) is 17.0 Å². The van der Waals surface area contributed by atoms with E-state index < -0.39 is 0 Å². The zero-order valence-corrected chi connectivity index (χ0v) is 9.75. The van der Waals surface area contributed by atoms with Gasteiger partial charge in [0, 0.05) is 44.0 Å². The molecule has 0 aromatic carbocycles. The summed E-state index contributed by atoms with van der Waals surface area (Å²) in [5.41, 5.74) is 9.18. The molecule has 2 heterocycles. The molecule has 1 unspecified atom stereocenters. The Morgan fingerprint density at radius 2 is 2.19 bits per heavy atom. The fraction of sp³-hybridized carbons (Fsp3) is 0.500. The predicted octanol–water partition coefficient (Wildman–Crippen LogP) is 0.0995. The summed E-state index contributed by atoms with van der Waals surface area (Å²) in [5.74, 6) is 0.